The average Bonchev–Trinajstić information content (AvgIpc) is 3.57. The molecule has 222 valence electrons. The first-order chi connectivity index (χ1) is 21.0. The van der Waals surface area contributed by atoms with Gasteiger partial charge in [-0.15, -0.1) is 0 Å². The molecule has 1 aliphatic heterocycles. The molecule has 44 heavy (non-hydrogen) atoms. The fourth-order valence-electron chi connectivity index (χ4n) is 5.46. The van der Waals surface area contributed by atoms with E-state index in [0.717, 1.165) is 39.2 Å². The van der Waals surface area contributed by atoms with Gasteiger partial charge < -0.3 is 4.74 Å². The van der Waals surface area contributed by atoms with Gasteiger partial charge in [-0.1, -0.05) is 104 Å². The Labute approximate surface area is 260 Å². The number of para-hydroxylation sites is 1. The monoisotopic (exact) mass is 602 g/mol. The maximum Gasteiger partial charge on any atom is 0.338 e. The first kappa shape index (κ1) is 29.3. The summed E-state index contributed by atoms with van der Waals surface area (Å²) in [5.41, 5.74) is 7.18. The Morgan fingerprint density at radius 3 is 2.27 bits per heavy atom. The van der Waals surface area contributed by atoms with Gasteiger partial charge in [0.1, 0.15) is 0 Å². The van der Waals surface area contributed by atoms with E-state index in [1.165, 1.54) is 18.4 Å². The van der Waals surface area contributed by atoms with E-state index in [9.17, 15) is 9.59 Å². The number of fused-ring (bicyclic) bond motifs is 1. The molecule has 0 N–H and O–H groups in total. The number of methoxy groups -OCH3 is 1. The summed E-state index contributed by atoms with van der Waals surface area (Å²) in [6.07, 6.45) is 3.82. The third-order valence-electron chi connectivity index (χ3n) is 7.89. The van der Waals surface area contributed by atoms with Gasteiger partial charge in [0.05, 0.1) is 40.3 Å². The van der Waals surface area contributed by atoms with E-state index in [-0.39, 0.29) is 11.0 Å². The number of carbonyl (C=O) groups excluding carboxylic acids is 1. The minimum Gasteiger partial charge on any atom is -0.466 e. The van der Waals surface area contributed by atoms with E-state index in [0.29, 0.717) is 20.6 Å². The van der Waals surface area contributed by atoms with Crippen LogP contribution in [0.3, 0.4) is 0 Å². The van der Waals surface area contributed by atoms with Crippen molar-refractivity contribution in [1.82, 2.24) is 14.3 Å². The summed E-state index contributed by atoms with van der Waals surface area (Å²) in [5, 5.41) is 4.93. The number of aryl methyl sites for hydroxylation is 1. The lowest BCUT2D eigenvalue weighted by molar-refractivity contribution is -0.136. The van der Waals surface area contributed by atoms with Crippen LogP contribution in [0.4, 0.5) is 0 Å². The Kier molecular flexibility index (Phi) is 7.55. The summed E-state index contributed by atoms with van der Waals surface area (Å²) >= 11 is 1.30. The van der Waals surface area contributed by atoms with Crippen molar-refractivity contribution in [3.63, 3.8) is 0 Å². The summed E-state index contributed by atoms with van der Waals surface area (Å²) in [4.78, 5) is 32.6. The molecule has 3 heterocycles. The standard InChI is InChI=1S/C36H34N4O3S/c1-22-12-14-24(15-13-22)31-26(21-39(38-31)28-10-8-7-9-11-28)20-29-33(41)40-32(25-16-18-27(19-17-25)36(3,4)5)30(34(42)43-6)23(2)37-35(40)44-29/h7-21,32H,1-6H3/b29-20+/t32-/m1/s1. The van der Waals surface area contributed by atoms with E-state index in [4.69, 9.17) is 14.8 Å². The van der Waals surface area contributed by atoms with E-state index in [1.54, 1.807) is 11.5 Å². The highest BCUT2D eigenvalue weighted by molar-refractivity contribution is 7.07. The molecule has 5 aromatic rings. The maximum absolute atomic E-state index is 14.2. The Morgan fingerprint density at radius 1 is 0.955 bits per heavy atom. The molecular formula is C36H34N4O3S. The third kappa shape index (κ3) is 5.37. The molecule has 0 unspecified atom stereocenters. The van der Waals surface area contributed by atoms with Gasteiger partial charge in [-0.05, 0) is 48.6 Å². The number of hydrogen-bond donors (Lipinski definition) is 0. The molecule has 1 aliphatic rings. The van der Waals surface area contributed by atoms with Crippen molar-refractivity contribution < 1.29 is 9.53 Å². The number of aromatic nitrogens is 3. The number of carbonyl (C=O) groups is 1. The zero-order chi connectivity index (χ0) is 31.2. The van der Waals surface area contributed by atoms with E-state index in [2.05, 4.69) is 45.0 Å². The van der Waals surface area contributed by atoms with Gasteiger partial charge in [-0.2, -0.15) is 5.10 Å². The first-order valence-corrected chi connectivity index (χ1v) is 15.3. The Balaban J connectivity index is 1.55. The minimum atomic E-state index is -0.668. The van der Waals surface area contributed by atoms with Crippen molar-refractivity contribution in [2.45, 2.75) is 46.1 Å². The predicted octanol–water partition coefficient (Wildman–Crippen LogP) is 5.87. The van der Waals surface area contributed by atoms with Gasteiger partial charge in [0.25, 0.3) is 5.56 Å². The molecule has 0 saturated carbocycles. The van der Waals surface area contributed by atoms with Crippen molar-refractivity contribution in [2.75, 3.05) is 7.11 Å². The first-order valence-electron chi connectivity index (χ1n) is 14.5. The highest BCUT2D eigenvalue weighted by Crippen LogP contribution is 2.32. The van der Waals surface area contributed by atoms with Crippen LogP contribution in [-0.4, -0.2) is 27.4 Å². The molecule has 0 radical (unpaired) electrons. The fraction of sp³-hybridized carbons (Fsp3) is 0.222. The van der Waals surface area contributed by atoms with Gasteiger partial charge in [0, 0.05) is 17.3 Å². The minimum absolute atomic E-state index is 0.0385. The van der Waals surface area contributed by atoms with Crippen LogP contribution in [-0.2, 0) is 14.9 Å². The lowest BCUT2D eigenvalue weighted by atomic mass is 9.85. The molecule has 0 fully saturated rings. The smallest absolute Gasteiger partial charge is 0.338 e. The summed E-state index contributed by atoms with van der Waals surface area (Å²) < 4.78 is 9.13. The zero-order valence-electron chi connectivity index (χ0n) is 25.7. The molecule has 0 amide bonds. The summed E-state index contributed by atoms with van der Waals surface area (Å²) in [5.74, 6) is -0.503. The highest BCUT2D eigenvalue weighted by atomic mass is 32.1. The predicted molar refractivity (Wildman–Crippen MR) is 175 cm³/mol. The second kappa shape index (κ2) is 11.4. The number of rotatable bonds is 5. The van der Waals surface area contributed by atoms with Crippen LogP contribution >= 0.6 is 11.3 Å². The number of nitrogens with zero attached hydrogens (tertiary/aromatic N) is 4. The van der Waals surface area contributed by atoms with Crippen LogP contribution in [0.1, 0.15) is 56.0 Å². The number of ether oxygens (including phenoxy) is 1. The van der Waals surface area contributed by atoms with Crippen LogP contribution in [0.25, 0.3) is 23.0 Å². The summed E-state index contributed by atoms with van der Waals surface area (Å²) in [6.45, 7) is 10.3. The number of hydrogen-bond acceptors (Lipinski definition) is 6. The average molecular weight is 603 g/mol. The lowest BCUT2D eigenvalue weighted by Crippen LogP contribution is -2.39. The van der Waals surface area contributed by atoms with Gasteiger partial charge in [-0.3, -0.25) is 9.36 Å². The van der Waals surface area contributed by atoms with Crippen LogP contribution in [0.2, 0.25) is 0 Å². The normalized spacial score (nSPS) is 15.2. The second-order valence-corrected chi connectivity index (χ2v) is 13.0. The van der Waals surface area contributed by atoms with E-state index >= 15 is 0 Å². The molecule has 0 spiro atoms. The number of thiazole rings is 1. The quantitative estimate of drug-likeness (QED) is 0.236. The Bertz CT molecular complexity index is 2080. The van der Waals surface area contributed by atoms with Gasteiger partial charge >= 0.3 is 5.97 Å². The van der Waals surface area contributed by atoms with Gasteiger partial charge in [0.15, 0.2) is 4.80 Å². The molecular weight excluding hydrogens is 568 g/mol. The van der Waals surface area contributed by atoms with Crippen molar-refractivity contribution >= 4 is 23.4 Å². The molecule has 0 saturated heterocycles. The van der Waals surface area contributed by atoms with Gasteiger partial charge in [0.2, 0.25) is 0 Å². The van der Waals surface area contributed by atoms with Crippen molar-refractivity contribution in [3.05, 3.63) is 138 Å². The summed E-state index contributed by atoms with van der Waals surface area (Å²) in [7, 11) is 1.35. The van der Waals surface area contributed by atoms with Crippen molar-refractivity contribution in [2.24, 2.45) is 4.99 Å². The Hall–Kier alpha value is -4.82. The maximum atomic E-state index is 14.2. The van der Waals surface area contributed by atoms with Crippen LogP contribution < -0.4 is 14.9 Å². The van der Waals surface area contributed by atoms with Crippen molar-refractivity contribution in [1.29, 1.82) is 0 Å². The SMILES string of the molecule is COC(=O)C1=C(C)N=c2s/c(=C/c3cn(-c4ccccc4)nc3-c3ccc(C)cc3)c(=O)n2[C@@H]1c1ccc(C(C)(C)C)cc1. The third-order valence-corrected chi connectivity index (χ3v) is 8.88. The van der Waals surface area contributed by atoms with Gasteiger partial charge in [-0.25, -0.2) is 14.5 Å². The van der Waals surface area contributed by atoms with Crippen LogP contribution in [0, 0.1) is 6.92 Å². The molecule has 7 nitrogen and oxygen atoms in total. The van der Waals surface area contributed by atoms with Crippen LogP contribution in [0.15, 0.2) is 106 Å². The highest BCUT2D eigenvalue weighted by Gasteiger charge is 2.33. The molecule has 8 heteroatoms. The molecule has 6 rings (SSSR count). The molecule has 2 aromatic heterocycles. The second-order valence-electron chi connectivity index (χ2n) is 12.0. The Morgan fingerprint density at radius 2 is 1.64 bits per heavy atom. The number of benzene rings is 3. The molecule has 1 atom stereocenters. The summed E-state index contributed by atoms with van der Waals surface area (Å²) in [6, 6.07) is 25.5. The van der Waals surface area contributed by atoms with Crippen molar-refractivity contribution in [3.8, 4) is 16.9 Å². The molecule has 3 aromatic carbocycles. The van der Waals surface area contributed by atoms with E-state index < -0.39 is 12.0 Å². The number of allylic oxidation sites excluding steroid dienone is 1. The number of esters is 1. The topological polar surface area (TPSA) is 78.5 Å². The van der Waals surface area contributed by atoms with E-state index in [1.807, 2.05) is 78.5 Å². The lowest BCUT2D eigenvalue weighted by Gasteiger charge is -2.25. The molecule has 0 bridgehead atoms. The molecule has 0 aliphatic carbocycles. The fourth-order valence-corrected chi connectivity index (χ4v) is 6.49. The van der Waals surface area contributed by atoms with Crippen LogP contribution in [0.5, 0.6) is 0 Å². The largest absolute Gasteiger partial charge is 0.466 e. The zero-order valence-corrected chi connectivity index (χ0v) is 26.5.